The summed E-state index contributed by atoms with van der Waals surface area (Å²) in [4.78, 5) is 0. The molecule has 1 unspecified atom stereocenters. The summed E-state index contributed by atoms with van der Waals surface area (Å²) in [5.41, 5.74) is 0. The third-order valence-corrected chi connectivity index (χ3v) is 2.46. The first kappa shape index (κ1) is 10.8. The van der Waals surface area contributed by atoms with Crippen LogP contribution in [0.5, 0.6) is 0 Å². The van der Waals surface area contributed by atoms with E-state index in [1.807, 2.05) is 0 Å². The molecule has 0 saturated heterocycles. The number of aliphatic hydroxyl groups is 3. The van der Waals surface area contributed by atoms with Crippen LogP contribution in [0.15, 0.2) is 0 Å². The van der Waals surface area contributed by atoms with E-state index in [1.54, 1.807) is 0 Å². The molecule has 0 aromatic rings. The fraction of sp³-hybridized carbons (Fsp3) is 1.00. The second-order valence-corrected chi connectivity index (χ2v) is 3.77. The van der Waals surface area contributed by atoms with Crippen LogP contribution >= 0.6 is 0 Å². The van der Waals surface area contributed by atoms with E-state index in [9.17, 15) is 8.42 Å². The third kappa shape index (κ3) is 2.11. The maximum Gasteiger partial charge on any atom is 0.322 e. The number of hydrogen-bond acceptors (Lipinski definition) is 5. The Morgan fingerprint density at radius 1 is 1.45 bits per heavy atom. The number of aliphatic hydroxyl groups excluding tert-OH is 1. The van der Waals surface area contributed by atoms with Crippen molar-refractivity contribution >= 4 is 10.1 Å². The minimum atomic E-state index is -4.96. The predicted molar refractivity (Wildman–Crippen MR) is 35.0 cm³/mol. The van der Waals surface area contributed by atoms with Gasteiger partial charge in [0.25, 0.3) is 5.12 Å². The molecule has 0 aliphatic rings. The summed E-state index contributed by atoms with van der Waals surface area (Å²) in [5.74, 6) is -1.36. The van der Waals surface area contributed by atoms with Crippen molar-refractivity contribution in [3.8, 4) is 0 Å². The Labute approximate surface area is 63.8 Å². The van der Waals surface area contributed by atoms with E-state index in [4.69, 9.17) is 19.9 Å². The minimum Gasteiger partial charge on any atom is -0.396 e. The molecular weight excluding hydrogens is 176 g/mol. The van der Waals surface area contributed by atoms with Gasteiger partial charge in [-0.25, -0.2) is 0 Å². The van der Waals surface area contributed by atoms with Gasteiger partial charge < -0.3 is 15.3 Å². The minimum absolute atomic E-state index is 0.757. The van der Waals surface area contributed by atoms with Crippen LogP contribution in [0.4, 0.5) is 0 Å². The second kappa shape index (κ2) is 3.03. The molecule has 11 heavy (non-hydrogen) atoms. The molecule has 68 valence electrons. The third-order valence-electron chi connectivity index (χ3n) is 1.30. The Kier molecular flexibility index (Phi) is 2.98. The first-order valence-electron chi connectivity index (χ1n) is 2.76. The van der Waals surface area contributed by atoms with Gasteiger partial charge in [-0.15, -0.1) is 0 Å². The van der Waals surface area contributed by atoms with Crippen molar-refractivity contribution in [3.05, 3.63) is 0 Å². The van der Waals surface area contributed by atoms with Crippen molar-refractivity contribution in [2.24, 2.45) is 5.92 Å². The summed E-state index contributed by atoms with van der Waals surface area (Å²) in [6.07, 6.45) is 0. The van der Waals surface area contributed by atoms with E-state index in [0.29, 0.717) is 0 Å². The van der Waals surface area contributed by atoms with Crippen molar-refractivity contribution in [2.75, 3.05) is 6.61 Å². The van der Waals surface area contributed by atoms with Crippen molar-refractivity contribution < 1.29 is 28.3 Å². The van der Waals surface area contributed by atoms with E-state index in [1.165, 1.54) is 0 Å². The van der Waals surface area contributed by atoms with Crippen molar-refractivity contribution in [2.45, 2.75) is 12.0 Å². The molecule has 0 bridgehead atoms. The van der Waals surface area contributed by atoms with Crippen LogP contribution in [0.3, 0.4) is 0 Å². The first-order chi connectivity index (χ1) is 4.73. The molecule has 0 fully saturated rings. The van der Waals surface area contributed by atoms with E-state index in [2.05, 4.69) is 0 Å². The lowest BCUT2D eigenvalue weighted by atomic mass is 10.2. The van der Waals surface area contributed by atoms with Crippen LogP contribution in [-0.4, -0.2) is 40.0 Å². The van der Waals surface area contributed by atoms with Crippen LogP contribution in [0, 0.1) is 5.92 Å². The summed E-state index contributed by atoms with van der Waals surface area (Å²) in [6, 6.07) is 0. The summed E-state index contributed by atoms with van der Waals surface area (Å²) >= 11 is 0. The molecule has 0 aliphatic carbocycles. The Balaban J connectivity index is 4.74. The van der Waals surface area contributed by atoms with Gasteiger partial charge in [-0.05, 0) is 0 Å². The first-order valence-corrected chi connectivity index (χ1v) is 4.20. The molecule has 0 aromatic carbocycles. The van der Waals surface area contributed by atoms with Gasteiger partial charge in [0.05, 0.1) is 12.5 Å². The van der Waals surface area contributed by atoms with E-state index in [-0.39, 0.29) is 0 Å². The highest BCUT2D eigenvalue weighted by Gasteiger charge is 2.43. The molecule has 4 N–H and O–H groups in total. The zero-order valence-corrected chi connectivity index (χ0v) is 6.61. The summed E-state index contributed by atoms with van der Waals surface area (Å²) in [5, 5.41) is 22.4. The SMILES string of the molecule is CC(CO)C(O)(O)S(=O)(=O)O. The average molecular weight is 186 g/mol. The molecule has 7 heteroatoms. The molecule has 6 nitrogen and oxygen atoms in total. The van der Waals surface area contributed by atoms with Gasteiger partial charge in [-0.1, -0.05) is 6.92 Å². The monoisotopic (exact) mass is 186 g/mol. The van der Waals surface area contributed by atoms with E-state index >= 15 is 0 Å². The summed E-state index contributed by atoms with van der Waals surface area (Å²) < 4.78 is 28.6. The topological polar surface area (TPSA) is 115 Å². The molecular formula is C4H10O6S. The van der Waals surface area contributed by atoms with Crippen LogP contribution in [0.2, 0.25) is 0 Å². The molecule has 0 radical (unpaired) electrons. The molecule has 0 spiro atoms. The second-order valence-electron chi connectivity index (χ2n) is 2.22. The van der Waals surface area contributed by atoms with Gasteiger partial charge in [-0.3, -0.25) is 4.55 Å². The van der Waals surface area contributed by atoms with Gasteiger partial charge in [0, 0.05) is 0 Å². The maximum absolute atomic E-state index is 10.2. The van der Waals surface area contributed by atoms with Crippen molar-refractivity contribution in [1.82, 2.24) is 0 Å². The molecule has 1 atom stereocenters. The zero-order valence-electron chi connectivity index (χ0n) is 5.80. The lowest BCUT2D eigenvalue weighted by Gasteiger charge is -2.22. The largest absolute Gasteiger partial charge is 0.396 e. The van der Waals surface area contributed by atoms with E-state index < -0.39 is 27.8 Å². The molecule has 0 aromatic heterocycles. The van der Waals surface area contributed by atoms with Gasteiger partial charge in [0.2, 0.25) is 0 Å². The lowest BCUT2D eigenvalue weighted by molar-refractivity contribution is -0.137. The zero-order chi connectivity index (χ0) is 9.28. The van der Waals surface area contributed by atoms with Crippen LogP contribution in [0.1, 0.15) is 6.92 Å². The summed E-state index contributed by atoms with van der Waals surface area (Å²) in [6.45, 7) is 0.306. The van der Waals surface area contributed by atoms with Crippen molar-refractivity contribution in [1.29, 1.82) is 0 Å². The van der Waals surface area contributed by atoms with E-state index in [0.717, 1.165) is 6.92 Å². The Hall–Kier alpha value is -0.210. The highest BCUT2D eigenvalue weighted by molar-refractivity contribution is 7.86. The summed E-state index contributed by atoms with van der Waals surface area (Å²) in [7, 11) is -4.96. The van der Waals surface area contributed by atoms with Crippen LogP contribution < -0.4 is 0 Å². The highest BCUT2D eigenvalue weighted by atomic mass is 32.2. The smallest absolute Gasteiger partial charge is 0.322 e. The standard InChI is InChI=1S/C4H10O6S/c1-3(2-5)4(6,7)11(8,9)10/h3,5-7H,2H2,1H3,(H,8,9,10). The predicted octanol–water partition coefficient (Wildman–Crippen LogP) is -1.86. The Bertz CT molecular complexity index is 217. The van der Waals surface area contributed by atoms with Gasteiger partial charge >= 0.3 is 10.1 Å². The van der Waals surface area contributed by atoms with Crippen molar-refractivity contribution in [3.63, 3.8) is 0 Å². The maximum atomic E-state index is 10.2. The fourth-order valence-electron chi connectivity index (χ4n) is 0.373. The van der Waals surface area contributed by atoms with Crippen LogP contribution in [-0.2, 0) is 10.1 Å². The molecule has 0 heterocycles. The number of rotatable bonds is 3. The highest BCUT2D eigenvalue weighted by Crippen LogP contribution is 2.18. The van der Waals surface area contributed by atoms with Gasteiger partial charge in [0.15, 0.2) is 0 Å². The lowest BCUT2D eigenvalue weighted by Crippen LogP contribution is -2.45. The Morgan fingerprint density at radius 2 is 1.82 bits per heavy atom. The normalized spacial score (nSPS) is 16.5. The average Bonchev–Trinajstić information content (AvgIpc) is 1.83. The Morgan fingerprint density at radius 3 is 1.91 bits per heavy atom. The van der Waals surface area contributed by atoms with Gasteiger partial charge in [0.1, 0.15) is 0 Å². The molecule has 0 saturated carbocycles. The number of hydrogen-bond donors (Lipinski definition) is 4. The van der Waals surface area contributed by atoms with Crippen LogP contribution in [0.25, 0.3) is 0 Å². The van der Waals surface area contributed by atoms with Gasteiger partial charge in [-0.2, -0.15) is 8.42 Å². The molecule has 0 aliphatic heterocycles. The fourth-order valence-corrected chi connectivity index (χ4v) is 0.956. The molecule has 0 rings (SSSR count). The molecule has 0 amide bonds. The quantitative estimate of drug-likeness (QED) is 0.303.